The number of nitrogens with one attached hydrogen (secondary N) is 1. The fourth-order valence-corrected chi connectivity index (χ4v) is 1.45. The van der Waals surface area contributed by atoms with Crippen molar-refractivity contribution < 1.29 is 4.79 Å². The Morgan fingerprint density at radius 3 is 2.59 bits per heavy atom. The van der Waals surface area contributed by atoms with Crippen LogP contribution < -0.4 is 11.1 Å². The van der Waals surface area contributed by atoms with Gasteiger partial charge in [-0.25, -0.2) is 0 Å². The molecule has 94 valence electrons. The smallest absolute Gasteiger partial charge is 0.253 e. The van der Waals surface area contributed by atoms with E-state index in [4.69, 9.17) is 5.73 Å². The van der Waals surface area contributed by atoms with Crippen LogP contribution >= 0.6 is 0 Å². The summed E-state index contributed by atoms with van der Waals surface area (Å²) >= 11 is 0. The van der Waals surface area contributed by atoms with Gasteiger partial charge in [0.25, 0.3) is 5.91 Å². The monoisotopic (exact) mass is 235 g/mol. The molecule has 1 aromatic carbocycles. The molecule has 3 N–H and O–H groups in total. The van der Waals surface area contributed by atoms with Crippen molar-refractivity contribution in [3.8, 4) is 0 Å². The minimum absolute atomic E-state index is 0.0354. The second-order valence-electron chi connectivity index (χ2n) is 4.46. The molecule has 0 spiro atoms. The van der Waals surface area contributed by atoms with E-state index in [0.29, 0.717) is 17.3 Å². The van der Waals surface area contributed by atoms with Crippen molar-refractivity contribution in [3.63, 3.8) is 0 Å². The molecule has 4 heteroatoms. The van der Waals surface area contributed by atoms with Crippen molar-refractivity contribution in [2.75, 3.05) is 25.1 Å². The van der Waals surface area contributed by atoms with Gasteiger partial charge in [0.1, 0.15) is 0 Å². The zero-order valence-corrected chi connectivity index (χ0v) is 10.9. The van der Waals surface area contributed by atoms with Crippen LogP contribution in [0.2, 0.25) is 0 Å². The number of amides is 1. The van der Waals surface area contributed by atoms with E-state index in [9.17, 15) is 4.79 Å². The Kier molecular flexibility index (Phi) is 4.37. The van der Waals surface area contributed by atoms with Gasteiger partial charge in [-0.3, -0.25) is 4.79 Å². The molecular weight excluding hydrogens is 214 g/mol. The molecular formula is C13H21N3O. The van der Waals surface area contributed by atoms with Crippen molar-refractivity contribution in [3.05, 3.63) is 23.8 Å². The summed E-state index contributed by atoms with van der Waals surface area (Å²) in [7, 11) is 3.45. The van der Waals surface area contributed by atoms with Gasteiger partial charge in [-0.1, -0.05) is 6.92 Å². The number of nitrogens with two attached hydrogens (primary N) is 1. The first-order chi connectivity index (χ1) is 7.95. The molecule has 0 heterocycles. The molecule has 1 amide bonds. The van der Waals surface area contributed by atoms with Gasteiger partial charge >= 0.3 is 0 Å². The van der Waals surface area contributed by atoms with Gasteiger partial charge in [0.15, 0.2) is 0 Å². The van der Waals surface area contributed by atoms with E-state index in [1.807, 2.05) is 6.07 Å². The van der Waals surface area contributed by atoms with E-state index in [0.717, 1.165) is 12.1 Å². The second-order valence-corrected chi connectivity index (χ2v) is 4.46. The molecule has 0 aromatic heterocycles. The number of anilines is 2. The summed E-state index contributed by atoms with van der Waals surface area (Å²) in [6.07, 6.45) is 1.03. The quantitative estimate of drug-likeness (QED) is 0.786. The first-order valence-electron chi connectivity index (χ1n) is 5.83. The van der Waals surface area contributed by atoms with Crippen molar-refractivity contribution in [2.24, 2.45) is 0 Å². The first-order valence-corrected chi connectivity index (χ1v) is 5.83. The van der Waals surface area contributed by atoms with E-state index in [2.05, 4.69) is 19.2 Å². The van der Waals surface area contributed by atoms with E-state index >= 15 is 0 Å². The third-order valence-corrected chi connectivity index (χ3v) is 2.72. The van der Waals surface area contributed by atoms with E-state index in [1.165, 1.54) is 4.90 Å². The molecule has 0 aliphatic rings. The highest BCUT2D eigenvalue weighted by Gasteiger charge is 2.10. The Labute approximate surface area is 103 Å². The number of nitrogen functional groups attached to an aromatic ring is 1. The Hall–Kier alpha value is -1.71. The average Bonchev–Trinajstić information content (AvgIpc) is 2.30. The fourth-order valence-electron chi connectivity index (χ4n) is 1.45. The molecule has 0 aliphatic carbocycles. The Morgan fingerprint density at radius 2 is 2.12 bits per heavy atom. The van der Waals surface area contributed by atoms with Gasteiger partial charge < -0.3 is 16.0 Å². The maximum atomic E-state index is 11.7. The third-order valence-electron chi connectivity index (χ3n) is 2.72. The van der Waals surface area contributed by atoms with Gasteiger partial charge in [0.2, 0.25) is 0 Å². The lowest BCUT2D eigenvalue weighted by Gasteiger charge is -2.16. The normalized spacial score (nSPS) is 12.0. The molecule has 1 atom stereocenters. The zero-order chi connectivity index (χ0) is 13.0. The van der Waals surface area contributed by atoms with Gasteiger partial charge in [-0.15, -0.1) is 0 Å². The molecule has 0 saturated heterocycles. The summed E-state index contributed by atoms with van der Waals surface area (Å²) in [5.41, 5.74) is 8.04. The van der Waals surface area contributed by atoms with E-state index < -0.39 is 0 Å². The maximum absolute atomic E-state index is 11.7. The second kappa shape index (κ2) is 5.57. The lowest BCUT2D eigenvalue weighted by molar-refractivity contribution is 0.0827. The highest BCUT2D eigenvalue weighted by molar-refractivity contribution is 5.95. The van der Waals surface area contributed by atoms with Crippen LogP contribution in [0.25, 0.3) is 0 Å². The zero-order valence-electron chi connectivity index (χ0n) is 10.9. The summed E-state index contributed by atoms with van der Waals surface area (Å²) in [5.74, 6) is -0.0354. The highest BCUT2D eigenvalue weighted by Crippen LogP contribution is 2.21. The Bertz CT molecular complexity index is 402. The van der Waals surface area contributed by atoms with Crippen LogP contribution in [-0.2, 0) is 0 Å². The van der Waals surface area contributed by atoms with Crippen LogP contribution in [0.1, 0.15) is 30.6 Å². The van der Waals surface area contributed by atoms with Gasteiger partial charge in [-0.05, 0) is 31.5 Å². The van der Waals surface area contributed by atoms with E-state index in [1.54, 1.807) is 26.2 Å². The number of rotatable bonds is 4. The highest BCUT2D eigenvalue weighted by atomic mass is 16.2. The summed E-state index contributed by atoms with van der Waals surface area (Å²) in [6.45, 7) is 4.20. The number of nitrogens with zero attached hydrogens (tertiary/aromatic N) is 1. The van der Waals surface area contributed by atoms with Gasteiger partial charge in [0.05, 0.1) is 11.4 Å². The maximum Gasteiger partial charge on any atom is 0.253 e. The molecule has 17 heavy (non-hydrogen) atoms. The third kappa shape index (κ3) is 3.37. The molecule has 1 unspecified atom stereocenters. The summed E-state index contributed by atoms with van der Waals surface area (Å²) in [6, 6.07) is 5.74. The molecule has 4 nitrogen and oxygen atoms in total. The lowest BCUT2D eigenvalue weighted by Crippen LogP contribution is -2.22. The molecule has 0 fully saturated rings. The van der Waals surface area contributed by atoms with Gasteiger partial charge in [-0.2, -0.15) is 0 Å². The summed E-state index contributed by atoms with van der Waals surface area (Å²) < 4.78 is 0. The van der Waals surface area contributed by atoms with Crippen LogP contribution in [-0.4, -0.2) is 30.9 Å². The molecule has 0 aliphatic heterocycles. The number of hydrogen-bond acceptors (Lipinski definition) is 3. The number of benzene rings is 1. The van der Waals surface area contributed by atoms with Crippen LogP contribution in [0.4, 0.5) is 11.4 Å². The van der Waals surface area contributed by atoms with Crippen molar-refractivity contribution in [2.45, 2.75) is 26.3 Å². The van der Waals surface area contributed by atoms with E-state index in [-0.39, 0.29) is 5.91 Å². The van der Waals surface area contributed by atoms with Crippen molar-refractivity contribution >= 4 is 17.3 Å². The van der Waals surface area contributed by atoms with Crippen LogP contribution in [0.15, 0.2) is 18.2 Å². The average molecular weight is 235 g/mol. The van der Waals surface area contributed by atoms with Crippen molar-refractivity contribution in [1.29, 1.82) is 0 Å². The molecule has 0 bridgehead atoms. The largest absolute Gasteiger partial charge is 0.397 e. The minimum Gasteiger partial charge on any atom is -0.397 e. The molecule has 0 saturated carbocycles. The number of carbonyl (C=O) groups is 1. The Balaban J connectivity index is 2.90. The number of carbonyl (C=O) groups excluding carboxylic acids is 1. The fraction of sp³-hybridized carbons (Fsp3) is 0.462. The predicted octanol–water partition coefficient (Wildman–Crippen LogP) is 2.18. The summed E-state index contributed by atoms with van der Waals surface area (Å²) in [4.78, 5) is 13.3. The summed E-state index contributed by atoms with van der Waals surface area (Å²) in [5, 5.41) is 3.31. The predicted molar refractivity (Wildman–Crippen MR) is 72.2 cm³/mol. The Morgan fingerprint density at radius 1 is 1.47 bits per heavy atom. The SMILES string of the molecule is CCC(C)Nc1ccc(C(=O)N(C)C)cc1N. The minimum atomic E-state index is -0.0354. The molecule has 1 aromatic rings. The van der Waals surface area contributed by atoms with Crippen LogP contribution in [0, 0.1) is 0 Å². The van der Waals surface area contributed by atoms with Crippen molar-refractivity contribution in [1.82, 2.24) is 4.90 Å². The standard InChI is InChI=1S/C13H21N3O/c1-5-9(2)15-12-7-6-10(8-11(12)14)13(17)16(3)4/h6-9,15H,5,14H2,1-4H3. The van der Waals surface area contributed by atoms with Gasteiger partial charge in [0, 0.05) is 25.7 Å². The molecule has 0 radical (unpaired) electrons. The molecule has 1 rings (SSSR count). The van der Waals surface area contributed by atoms with Crippen LogP contribution in [0.3, 0.4) is 0 Å². The number of hydrogen-bond donors (Lipinski definition) is 2. The lowest BCUT2D eigenvalue weighted by atomic mass is 10.1. The van der Waals surface area contributed by atoms with Crippen LogP contribution in [0.5, 0.6) is 0 Å². The topological polar surface area (TPSA) is 58.4 Å². The first kappa shape index (κ1) is 13.4.